The van der Waals surface area contributed by atoms with Gasteiger partial charge in [0.25, 0.3) is 0 Å². The molecule has 2 nitrogen and oxygen atoms in total. The van der Waals surface area contributed by atoms with E-state index in [2.05, 4.69) is 0 Å². The molecule has 0 bridgehead atoms. The topological polar surface area (TPSA) is 35.2 Å². The van der Waals surface area contributed by atoms with Gasteiger partial charge in [0.2, 0.25) is 0 Å². The van der Waals surface area contributed by atoms with Gasteiger partial charge in [-0.1, -0.05) is 23.2 Å². The standard InChI is InChI=1S/C14H12Cl2FNOS/c15-9-1-4-14(11(16)7-9)19-5-6-20-10-2-3-13(18)12(17)8-10/h1-4,7-8H,5-6,18H2. The highest BCUT2D eigenvalue weighted by Gasteiger charge is 2.03. The van der Waals surface area contributed by atoms with Crippen LogP contribution < -0.4 is 10.5 Å². The summed E-state index contributed by atoms with van der Waals surface area (Å²) in [6.45, 7) is 0.456. The summed E-state index contributed by atoms with van der Waals surface area (Å²) in [5, 5.41) is 1.04. The highest BCUT2D eigenvalue weighted by atomic mass is 35.5. The summed E-state index contributed by atoms with van der Waals surface area (Å²) in [5.74, 6) is 0.847. The third-order valence-electron chi connectivity index (χ3n) is 2.48. The predicted molar refractivity (Wildman–Crippen MR) is 83.5 cm³/mol. The molecule has 6 heteroatoms. The van der Waals surface area contributed by atoms with Crippen LogP contribution in [0.5, 0.6) is 5.75 Å². The van der Waals surface area contributed by atoms with Gasteiger partial charge in [0.05, 0.1) is 17.3 Å². The third-order valence-corrected chi connectivity index (χ3v) is 3.96. The maximum atomic E-state index is 13.2. The summed E-state index contributed by atoms with van der Waals surface area (Å²) < 4.78 is 18.8. The molecule has 0 fully saturated rings. The number of nitrogen functional groups attached to an aromatic ring is 1. The number of thioether (sulfide) groups is 1. The molecule has 0 aliphatic rings. The lowest BCUT2D eigenvalue weighted by molar-refractivity contribution is 0.344. The second-order valence-corrected chi connectivity index (χ2v) is 5.97. The lowest BCUT2D eigenvalue weighted by atomic mass is 10.3. The number of hydrogen-bond donors (Lipinski definition) is 1. The van der Waals surface area contributed by atoms with Crippen molar-refractivity contribution in [1.82, 2.24) is 0 Å². The molecule has 0 atom stereocenters. The SMILES string of the molecule is Nc1ccc(SCCOc2ccc(Cl)cc2Cl)cc1F. The molecule has 0 aromatic heterocycles. The average molecular weight is 332 g/mol. The minimum absolute atomic E-state index is 0.151. The number of hydrogen-bond acceptors (Lipinski definition) is 3. The fourth-order valence-corrected chi connectivity index (χ4v) is 2.72. The molecule has 0 heterocycles. The van der Waals surface area contributed by atoms with E-state index in [0.29, 0.717) is 28.2 Å². The Morgan fingerprint density at radius 3 is 2.65 bits per heavy atom. The number of halogens is 3. The quantitative estimate of drug-likeness (QED) is 0.481. The Hall–Kier alpha value is -1.10. The van der Waals surface area contributed by atoms with E-state index in [0.717, 1.165) is 4.90 Å². The summed E-state index contributed by atoms with van der Waals surface area (Å²) in [6.07, 6.45) is 0. The first kappa shape index (κ1) is 15.3. The van der Waals surface area contributed by atoms with E-state index in [1.807, 2.05) is 0 Å². The molecule has 0 aliphatic heterocycles. The van der Waals surface area contributed by atoms with Crippen LogP contribution in [0.25, 0.3) is 0 Å². The molecule has 0 aliphatic carbocycles. The Morgan fingerprint density at radius 2 is 1.95 bits per heavy atom. The van der Waals surface area contributed by atoms with Gasteiger partial charge in [0.1, 0.15) is 11.6 Å². The van der Waals surface area contributed by atoms with Gasteiger partial charge < -0.3 is 10.5 Å². The van der Waals surface area contributed by atoms with Gasteiger partial charge in [-0.05, 0) is 36.4 Å². The minimum Gasteiger partial charge on any atom is -0.491 e. The molecule has 20 heavy (non-hydrogen) atoms. The highest BCUT2D eigenvalue weighted by molar-refractivity contribution is 7.99. The summed E-state index contributed by atoms with van der Waals surface area (Å²) in [7, 11) is 0. The normalized spacial score (nSPS) is 10.6. The summed E-state index contributed by atoms with van der Waals surface area (Å²) >= 11 is 13.3. The van der Waals surface area contributed by atoms with Crippen molar-refractivity contribution < 1.29 is 9.13 Å². The molecule has 0 radical (unpaired) electrons. The van der Waals surface area contributed by atoms with E-state index in [1.165, 1.54) is 17.8 Å². The van der Waals surface area contributed by atoms with Crippen molar-refractivity contribution in [3.63, 3.8) is 0 Å². The largest absolute Gasteiger partial charge is 0.491 e. The zero-order valence-electron chi connectivity index (χ0n) is 10.4. The molecule has 2 N–H and O–H groups in total. The second-order valence-electron chi connectivity index (χ2n) is 3.95. The number of ether oxygens (including phenoxy) is 1. The lowest BCUT2D eigenvalue weighted by Gasteiger charge is -2.08. The first-order valence-corrected chi connectivity index (χ1v) is 7.56. The van der Waals surface area contributed by atoms with Gasteiger partial charge in [-0.2, -0.15) is 0 Å². The van der Waals surface area contributed by atoms with Gasteiger partial charge in [0.15, 0.2) is 0 Å². The fourth-order valence-electron chi connectivity index (χ4n) is 1.50. The first-order chi connectivity index (χ1) is 9.56. The molecule has 0 saturated heterocycles. The first-order valence-electron chi connectivity index (χ1n) is 5.82. The van der Waals surface area contributed by atoms with Crippen molar-refractivity contribution >= 4 is 40.7 Å². The van der Waals surface area contributed by atoms with Crippen LogP contribution in [-0.4, -0.2) is 12.4 Å². The molecule has 0 unspecified atom stereocenters. The molecular formula is C14H12Cl2FNOS. The Kier molecular flexibility index (Phi) is 5.40. The van der Waals surface area contributed by atoms with Gasteiger partial charge in [-0.3, -0.25) is 0 Å². The van der Waals surface area contributed by atoms with Gasteiger partial charge in [-0.15, -0.1) is 11.8 Å². The number of anilines is 1. The molecule has 0 amide bonds. The number of benzene rings is 2. The van der Waals surface area contributed by atoms with Gasteiger partial charge >= 0.3 is 0 Å². The van der Waals surface area contributed by atoms with Crippen LogP contribution in [0, 0.1) is 5.82 Å². The molecular weight excluding hydrogens is 320 g/mol. The van der Waals surface area contributed by atoms with Crippen LogP contribution >= 0.6 is 35.0 Å². The Balaban J connectivity index is 1.82. The summed E-state index contributed by atoms with van der Waals surface area (Å²) in [6, 6.07) is 9.80. The van der Waals surface area contributed by atoms with E-state index in [1.54, 1.807) is 30.3 Å². The average Bonchev–Trinajstić information content (AvgIpc) is 2.40. The van der Waals surface area contributed by atoms with Crippen LogP contribution in [0.15, 0.2) is 41.3 Å². The Morgan fingerprint density at radius 1 is 1.15 bits per heavy atom. The maximum Gasteiger partial charge on any atom is 0.147 e. The fraction of sp³-hybridized carbons (Fsp3) is 0.143. The van der Waals surface area contributed by atoms with Crippen molar-refractivity contribution in [3.8, 4) is 5.75 Å². The zero-order chi connectivity index (χ0) is 14.5. The monoisotopic (exact) mass is 331 g/mol. The molecule has 2 rings (SSSR count). The van der Waals surface area contributed by atoms with Crippen LogP contribution in [0.1, 0.15) is 0 Å². The smallest absolute Gasteiger partial charge is 0.147 e. The maximum absolute atomic E-state index is 13.2. The molecule has 2 aromatic rings. The van der Waals surface area contributed by atoms with Gasteiger partial charge in [-0.25, -0.2) is 4.39 Å². The highest BCUT2D eigenvalue weighted by Crippen LogP contribution is 2.28. The van der Waals surface area contributed by atoms with Crippen LogP contribution in [-0.2, 0) is 0 Å². The molecule has 106 valence electrons. The van der Waals surface area contributed by atoms with Crippen molar-refractivity contribution in [2.24, 2.45) is 0 Å². The minimum atomic E-state index is -0.406. The van der Waals surface area contributed by atoms with E-state index in [4.69, 9.17) is 33.7 Å². The van der Waals surface area contributed by atoms with E-state index < -0.39 is 5.82 Å². The Labute approximate surface area is 131 Å². The zero-order valence-corrected chi connectivity index (χ0v) is 12.7. The molecule has 2 aromatic carbocycles. The van der Waals surface area contributed by atoms with E-state index >= 15 is 0 Å². The van der Waals surface area contributed by atoms with Crippen LogP contribution in [0.4, 0.5) is 10.1 Å². The molecule has 0 spiro atoms. The van der Waals surface area contributed by atoms with E-state index in [-0.39, 0.29) is 5.69 Å². The third kappa shape index (κ3) is 4.20. The van der Waals surface area contributed by atoms with Crippen molar-refractivity contribution in [2.75, 3.05) is 18.1 Å². The van der Waals surface area contributed by atoms with Gasteiger partial charge in [0, 0.05) is 15.7 Å². The van der Waals surface area contributed by atoms with Crippen LogP contribution in [0.3, 0.4) is 0 Å². The van der Waals surface area contributed by atoms with Crippen molar-refractivity contribution in [3.05, 3.63) is 52.3 Å². The number of rotatable bonds is 5. The van der Waals surface area contributed by atoms with Crippen LogP contribution in [0.2, 0.25) is 10.0 Å². The number of nitrogens with two attached hydrogens (primary N) is 1. The predicted octanol–water partition coefficient (Wildman–Crippen LogP) is 4.89. The van der Waals surface area contributed by atoms with E-state index in [9.17, 15) is 4.39 Å². The summed E-state index contributed by atoms with van der Waals surface area (Å²) in [4.78, 5) is 0.808. The van der Waals surface area contributed by atoms with Crippen molar-refractivity contribution in [2.45, 2.75) is 4.90 Å². The Bertz CT molecular complexity index is 610. The summed E-state index contributed by atoms with van der Waals surface area (Å²) in [5.41, 5.74) is 5.57. The lowest BCUT2D eigenvalue weighted by Crippen LogP contribution is -2.00. The molecule has 0 saturated carbocycles. The van der Waals surface area contributed by atoms with Crippen molar-refractivity contribution in [1.29, 1.82) is 0 Å². The second kappa shape index (κ2) is 7.07.